The highest BCUT2D eigenvalue weighted by Crippen LogP contribution is 2.36. The van der Waals surface area contributed by atoms with E-state index in [4.69, 9.17) is 4.74 Å². The highest BCUT2D eigenvalue weighted by Gasteiger charge is 2.41. The Bertz CT molecular complexity index is 388. The number of rotatable bonds is 5. The van der Waals surface area contributed by atoms with Crippen molar-refractivity contribution in [1.82, 2.24) is 10.2 Å². The first kappa shape index (κ1) is 16.2. The van der Waals surface area contributed by atoms with Gasteiger partial charge >= 0.3 is 5.97 Å². The molecule has 0 aromatic heterocycles. The quantitative estimate of drug-likeness (QED) is 0.776. The van der Waals surface area contributed by atoms with E-state index >= 15 is 0 Å². The molecule has 1 heterocycles. The largest absolute Gasteiger partial charge is 0.481 e. The van der Waals surface area contributed by atoms with Crippen molar-refractivity contribution in [2.24, 2.45) is 17.8 Å². The number of carbonyl (C=O) groups is 2. The highest BCUT2D eigenvalue weighted by molar-refractivity contribution is 5.85. The number of ether oxygens (including phenoxy) is 1. The molecule has 2 unspecified atom stereocenters. The van der Waals surface area contributed by atoms with Gasteiger partial charge in [-0.05, 0) is 25.3 Å². The summed E-state index contributed by atoms with van der Waals surface area (Å²) in [6, 6.07) is 0. The van der Waals surface area contributed by atoms with E-state index in [0.29, 0.717) is 31.9 Å². The smallest absolute Gasteiger partial charge is 0.307 e. The molecule has 6 nitrogen and oxygen atoms in total. The van der Waals surface area contributed by atoms with Crippen molar-refractivity contribution in [3.63, 3.8) is 0 Å². The van der Waals surface area contributed by atoms with Crippen molar-refractivity contribution in [3.05, 3.63) is 0 Å². The average Bonchev–Trinajstić information content (AvgIpc) is 2.87. The third kappa shape index (κ3) is 4.17. The lowest BCUT2D eigenvalue weighted by atomic mass is 9.95. The molecule has 0 aromatic rings. The van der Waals surface area contributed by atoms with Crippen LogP contribution in [0.4, 0.5) is 0 Å². The van der Waals surface area contributed by atoms with Crippen LogP contribution >= 0.6 is 0 Å². The van der Waals surface area contributed by atoms with E-state index in [0.717, 1.165) is 19.6 Å². The van der Waals surface area contributed by atoms with Crippen LogP contribution in [-0.2, 0) is 14.3 Å². The zero-order valence-electron chi connectivity index (χ0n) is 12.9. The van der Waals surface area contributed by atoms with Gasteiger partial charge in [0.2, 0.25) is 5.91 Å². The summed E-state index contributed by atoms with van der Waals surface area (Å²) >= 11 is 0. The molecular formula is C15H26N2O4. The third-order valence-corrected chi connectivity index (χ3v) is 4.63. The molecule has 0 radical (unpaired) electrons. The van der Waals surface area contributed by atoms with Crippen LogP contribution in [0.25, 0.3) is 0 Å². The number of carboxylic acid groups (broad SMARTS) is 1. The zero-order valence-corrected chi connectivity index (χ0v) is 12.9. The summed E-state index contributed by atoms with van der Waals surface area (Å²) < 4.78 is 5.65. The second-order valence-electron chi connectivity index (χ2n) is 6.26. The number of carboxylic acids is 1. The van der Waals surface area contributed by atoms with Gasteiger partial charge in [0, 0.05) is 19.6 Å². The van der Waals surface area contributed by atoms with Crippen LogP contribution in [0, 0.1) is 17.8 Å². The first-order valence-electron chi connectivity index (χ1n) is 7.85. The molecule has 1 saturated carbocycles. The number of morpholine rings is 1. The number of nitrogens with one attached hydrogen (secondary N) is 1. The Morgan fingerprint density at radius 1 is 1.33 bits per heavy atom. The Kier molecular flexibility index (Phi) is 5.58. The van der Waals surface area contributed by atoms with Crippen LogP contribution in [0.5, 0.6) is 0 Å². The SMILES string of the molecule is CCN1CCOC(CNC(=O)[C@H]2CC(C)C[C@H]2C(=O)O)C1. The molecule has 0 bridgehead atoms. The van der Waals surface area contributed by atoms with Crippen LogP contribution in [0.3, 0.4) is 0 Å². The van der Waals surface area contributed by atoms with Crippen molar-refractivity contribution in [3.8, 4) is 0 Å². The summed E-state index contributed by atoms with van der Waals surface area (Å²) in [5, 5.41) is 12.1. The summed E-state index contributed by atoms with van der Waals surface area (Å²) in [6.07, 6.45) is 1.26. The van der Waals surface area contributed by atoms with Gasteiger partial charge in [-0.3, -0.25) is 14.5 Å². The van der Waals surface area contributed by atoms with E-state index in [-0.39, 0.29) is 12.0 Å². The predicted octanol–water partition coefficient (Wildman–Crippen LogP) is 0.570. The molecule has 21 heavy (non-hydrogen) atoms. The van der Waals surface area contributed by atoms with Gasteiger partial charge in [-0.1, -0.05) is 13.8 Å². The molecule has 2 fully saturated rings. The van der Waals surface area contributed by atoms with Crippen molar-refractivity contribution in [2.75, 3.05) is 32.8 Å². The van der Waals surface area contributed by atoms with Crippen molar-refractivity contribution in [2.45, 2.75) is 32.8 Å². The standard InChI is InChI=1S/C15H26N2O4/c1-3-17-4-5-21-11(9-17)8-16-14(18)12-6-10(2)7-13(12)15(19)20/h10-13H,3-9H2,1-2H3,(H,16,18)(H,19,20)/t10?,11?,12-,13+/m0/s1. The second kappa shape index (κ2) is 7.22. The summed E-state index contributed by atoms with van der Waals surface area (Å²) in [5.74, 6) is -1.64. The molecule has 120 valence electrons. The normalized spacial score (nSPS) is 33.8. The van der Waals surface area contributed by atoms with E-state index in [2.05, 4.69) is 17.1 Å². The van der Waals surface area contributed by atoms with Crippen molar-refractivity contribution >= 4 is 11.9 Å². The van der Waals surface area contributed by atoms with Gasteiger partial charge in [-0.2, -0.15) is 0 Å². The number of nitrogens with zero attached hydrogens (tertiary/aromatic N) is 1. The van der Waals surface area contributed by atoms with Gasteiger partial charge < -0.3 is 15.2 Å². The second-order valence-corrected chi connectivity index (χ2v) is 6.26. The van der Waals surface area contributed by atoms with E-state index in [9.17, 15) is 14.7 Å². The predicted molar refractivity (Wildman–Crippen MR) is 77.9 cm³/mol. The molecular weight excluding hydrogens is 272 g/mol. The Hall–Kier alpha value is -1.14. The van der Waals surface area contributed by atoms with Crippen molar-refractivity contribution in [1.29, 1.82) is 0 Å². The molecule has 2 rings (SSSR count). The Morgan fingerprint density at radius 2 is 2.05 bits per heavy atom. The number of carbonyl (C=O) groups excluding carboxylic acids is 1. The maximum atomic E-state index is 12.3. The van der Waals surface area contributed by atoms with Gasteiger partial charge in [0.05, 0.1) is 24.5 Å². The molecule has 6 heteroatoms. The number of amides is 1. The molecule has 1 aliphatic heterocycles. The molecule has 4 atom stereocenters. The maximum absolute atomic E-state index is 12.3. The van der Waals surface area contributed by atoms with Gasteiger partial charge in [-0.25, -0.2) is 0 Å². The van der Waals surface area contributed by atoms with Crippen LogP contribution in [0.1, 0.15) is 26.7 Å². The minimum Gasteiger partial charge on any atom is -0.481 e. The van der Waals surface area contributed by atoms with E-state index in [1.54, 1.807) is 0 Å². The summed E-state index contributed by atoms with van der Waals surface area (Å²) in [5.41, 5.74) is 0. The van der Waals surface area contributed by atoms with Crippen LogP contribution < -0.4 is 5.32 Å². The number of hydrogen-bond acceptors (Lipinski definition) is 4. The minimum absolute atomic E-state index is 0.00440. The number of hydrogen-bond donors (Lipinski definition) is 2. The van der Waals surface area contributed by atoms with Crippen molar-refractivity contribution < 1.29 is 19.4 Å². The van der Waals surface area contributed by atoms with Gasteiger partial charge in [0.25, 0.3) is 0 Å². The Balaban J connectivity index is 1.82. The highest BCUT2D eigenvalue weighted by atomic mass is 16.5. The maximum Gasteiger partial charge on any atom is 0.307 e. The minimum atomic E-state index is -0.856. The van der Waals surface area contributed by atoms with E-state index < -0.39 is 17.8 Å². The van der Waals surface area contributed by atoms with Crippen LogP contribution in [0.15, 0.2) is 0 Å². The van der Waals surface area contributed by atoms with E-state index in [1.807, 2.05) is 6.92 Å². The summed E-state index contributed by atoms with van der Waals surface area (Å²) in [6.45, 7) is 8.00. The lowest BCUT2D eigenvalue weighted by Gasteiger charge is -2.32. The summed E-state index contributed by atoms with van der Waals surface area (Å²) in [4.78, 5) is 25.8. The molecule has 0 aromatic carbocycles. The molecule has 2 N–H and O–H groups in total. The monoisotopic (exact) mass is 298 g/mol. The first-order valence-corrected chi connectivity index (χ1v) is 7.85. The van der Waals surface area contributed by atoms with E-state index in [1.165, 1.54) is 0 Å². The molecule has 0 spiro atoms. The molecule has 1 amide bonds. The van der Waals surface area contributed by atoms with Crippen LogP contribution in [0.2, 0.25) is 0 Å². The molecule has 2 aliphatic rings. The molecule has 1 saturated heterocycles. The topological polar surface area (TPSA) is 78.9 Å². The first-order chi connectivity index (χ1) is 10.0. The Morgan fingerprint density at radius 3 is 2.71 bits per heavy atom. The van der Waals surface area contributed by atoms with Gasteiger partial charge in [-0.15, -0.1) is 0 Å². The fourth-order valence-corrected chi connectivity index (χ4v) is 3.39. The fraction of sp³-hybridized carbons (Fsp3) is 0.867. The van der Waals surface area contributed by atoms with Crippen LogP contribution in [-0.4, -0.2) is 60.8 Å². The fourth-order valence-electron chi connectivity index (χ4n) is 3.39. The summed E-state index contributed by atoms with van der Waals surface area (Å²) in [7, 11) is 0. The lowest BCUT2D eigenvalue weighted by molar-refractivity contribution is -0.146. The number of aliphatic carboxylic acids is 1. The van der Waals surface area contributed by atoms with Gasteiger partial charge in [0.1, 0.15) is 0 Å². The van der Waals surface area contributed by atoms with Gasteiger partial charge in [0.15, 0.2) is 0 Å². The average molecular weight is 298 g/mol. The number of likely N-dealkylation sites (N-methyl/N-ethyl adjacent to an activating group) is 1. The third-order valence-electron chi connectivity index (χ3n) is 4.63. The zero-order chi connectivity index (χ0) is 15.4. The lowest BCUT2D eigenvalue weighted by Crippen LogP contribution is -2.48. The Labute approximate surface area is 125 Å². The molecule has 1 aliphatic carbocycles.